The Morgan fingerprint density at radius 2 is 2.05 bits per heavy atom. The van der Waals surface area contributed by atoms with Gasteiger partial charge in [0.05, 0.1) is 5.56 Å². The maximum absolute atomic E-state index is 12.3. The van der Waals surface area contributed by atoms with E-state index in [9.17, 15) is 9.59 Å². The van der Waals surface area contributed by atoms with Gasteiger partial charge in [-0.3, -0.25) is 9.59 Å². The van der Waals surface area contributed by atoms with Gasteiger partial charge in [-0.1, -0.05) is 23.2 Å². The molecule has 1 aromatic rings. The molecule has 1 aliphatic rings. The summed E-state index contributed by atoms with van der Waals surface area (Å²) in [5.41, 5.74) is 0.267. The Morgan fingerprint density at radius 1 is 1.32 bits per heavy atom. The summed E-state index contributed by atoms with van der Waals surface area (Å²) in [7, 11) is 1.73. The van der Waals surface area contributed by atoms with Crippen LogP contribution in [0.2, 0.25) is 10.3 Å². The molecule has 2 heterocycles. The monoisotopic (exact) mass is 301 g/mol. The number of amides is 2. The van der Waals surface area contributed by atoms with Crippen molar-refractivity contribution in [3.05, 3.63) is 28.0 Å². The van der Waals surface area contributed by atoms with Crippen LogP contribution in [0.25, 0.3) is 0 Å². The van der Waals surface area contributed by atoms with Crippen molar-refractivity contribution in [2.45, 2.75) is 6.42 Å². The number of likely N-dealkylation sites (N-methyl/N-ethyl adjacent to an activating group) is 1. The standard InChI is InChI=1S/C12H13Cl2N3O2/c1-16-5-2-6-17(7-10(16)18)12(19)8-3-4-9(13)15-11(8)14/h3-4H,2,5-7H2,1H3. The molecule has 2 amide bonds. The summed E-state index contributed by atoms with van der Waals surface area (Å²) in [4.78, 5) is 31.0. The van der Waals surface area contributed by atoms with Crippen molar-refractivity contribution >= 4 is 35.0 Å². The normalized spacial score (nSPS) is 16.5. The van der Waals surface area contributed by atoms with Crippen LogP contribution in [0, 0.1) is 0 Å². The van der Waals surface area contributed by atoms with Crippen LogP contribution in [0.5, 0.6) is 0 Å². The molecule has 1 fully saturated rings. The Balaban J connectivity index is 2.21. The van der Waals surface area contributed by atoms with Crippen molar-refractivity contribution in [3.63, 3.8) is 0 Å². The number of nitrogens with zero attached hydrogens (tertiary/aromatic N) is 3. The molecule has 0 unspecified atom stereocenters. The van der Waals surface area contributed by atoms with Gasteiger partial charge in [0.2, 0.25) is 5.91 Å². The largest absolute Gasteiger partial charge is 0.344 e. The maximum atomic E-state index is 12.3. The highest BCUT2D eigenvalue weighted by Crippen LogP contribution is 2.19. The van der Waals surface area contributed by atoms with E-state index in [1.165, 1.54) is 17.0 Å². The summed E-state index contributed by atoms with van der Waals surface area (Å²) in [6.45, 7) is 1.23. The molecule has 0 spiro atoms. The lowest BCUT2D eigenvalue weighted by Gasteiger charge is -2.20. The topological polar surface area (TPSA) is 53.5 Å². The minimum atomic E-state index is -0.294. The van der Waals surface area contributed by atoms with Crippen LogP contribution in [-0.2, 0) is 4.79 Å². The molecular weight excluding hydrogens is 289 g/mol. The van der Waals surface area contributed by atoms with Crippen molar-refractivity contribution in [1.82, 2.24) is 14.8 Å². The van der Waals surface area contributed by atoms with Gasteiger partial charge in [0, 0.05) is 20.1 Å². The predicted octanol–water partition coefficient (Wildman–Crippen LogP) is 1.69. The lowest BCUT2D eigenvalue weighted by molar-refractivity contribution is -0.129. The first-order chi connectivity index (χ1) is 8.99. The van der Waals surface area contributed by atoms with Crippen molar-refractivity contribution < 1.29 is 9.59 Å². The Hall–Kier alpha value is -1.33. The van der Waals surface area contributed by atoms with Gasteiger partial charge in [-0.2, -0.15) is 0 Å². The fourth-order valence-corrected chi connectivity index (χ4v) is 2.33. The number of aromatic nitrogens is 1. The third-order valence-corrected chi connectivity index (χ3v) is 3.50. The summed E-state index contributed by atoms with van der Waals surface area (Å²) in [6.07, 6.45) is 0.743. The average molecular weight is 302 g/mol. The smallest absolute Gasteiger partial charge is 0.257 e. The number of hydrogen-bond donors (Lipinski definition) is 0. The van der Waals surface area contributed by atoms with Gasteiger partial charge in [-0.05, 0) is 18.6 Å². The van der Waals surface area contributed by atoms with E-state index in [4.69, 9.17) is 23.2 Å². The fraction of sp³-hybridized carbons (Fsp3) is 0.417. The molecule has 0 saturated carbocycles. The molecule has 0 bridgehead atoms. The van der Waals surface area contributed by atoms with Crippen molar-refractivity contribution in [1.29, 1.82) is 0 Å². The molecule has 19 heavy (non-hydrogen) atoms. The number of halogens is 2. The zero-order valence-electron chi connectivity index (χ0n) is 10.4. The molecule has 0 aromatic carbocycles. The first-order valence-electron chi connectivity index (χ1n) is 5.84. The van der Waals surface area contributed by atoms with Crippen LogP contribution in [0.4, 0.5) is 0 Å². The highest BCUT2D eigenvalue weighted by Gasteiger charge is 2.25. The molecule has 1 saturated heterocycles. The van der Waals surface area contributed by atoms with Crippen LogP contribution >= 0.6 is 23.2 Å². The average Bonchev–Trinajstić information content (AvgIpc) is 2.51. The highest BCUT2D eigenvalue weighted by atomic mass is 35.5. The molecule has 1 aliphatic heterocycles. The quantitative estimate of drug-likeness (QED) is 0.742. The molecule has 7 heteroatoms. The number of carbonyl (C=O) groups excluding carboxylic acids is 2. The third-order valence-electron chi connectivity index (χ3n) is 3.01. The Kier molecular flexibility index (Phi) is 4.27. The second-order valence-electron chi connectivity index (χ2n) is 4.37. The van der Waals surface area contributed by atoms with Crippen LogP contribution < -0.4 is 0 Å². The van der Waals surface area contributed by atoms with E-state index in [2.05, 4.69) is 4.98 Å². The van der Waals surface area contributed by atoms with E-state index >= 15 is 0 Å². The van der Waals surface area contributed by atoms with Gasteiger partial charge in [-0.15, -0.1) is 0 Å². The van der Waals surface area contributed by atoms with E-state index < -0.39 is 0 Å². The second-order valence-corrected chi connectivity index (χ2v) is 5.11. The maximum Gasteiger partial charge on any atom is 0.257 e. The summed E-state index contributed by atoms with van der Waals surface area (Å²) in [5.74, 6) is -0.373. The molecule has 102 valence electrons. The Labute approximate surface area is 121 Å². The first-order valence-corrected chi connectivity index (χ1v) is 6.60. The summed E-state index contributed by atoms with van der Waals surface area (Å²) >= 11 is 11.6. The van der Waals surface area contributed by atoms with Gasteiger partial charge < -0.3 is 9.80 Å². The van der Waals surface area contributed by atoms with Crippen molar-refractivity contribution in [3.8, 4) is 0 Å². The molecular formula is C12H13Cl2N3O2. The number of carbonyl (C=O) groups is 2. The van der Waals surface area contributed by atoms with Crippen LogP contribution in [0.1, 0.15) is 16.8 Å². The Morgan fingerprint density at radius 3 is 2.74 bits per heavy atom. The van der Waals surface area contributed by atoms with E-state index in [-0.39, 0.29) is 34.2 Å². The lowest BCUT2D eigenvalue weighted by atomic mass is 10.2. The van der Waals surface area contributed by atoms with E-state index in [1.54, 1.807) is 11.9 Å². The number of pyridine rings is 1. The molecule has 0 N–H and O–H groups in total. The third kappa shape index (κ3) is 3.16. The van der Waals surface area contributed by atoms with Gasteiger partial charge in [0.25, 0.3) is 5.91 Å². The van der Waals surface area contributed by atoms with Gasteiger partial charge in [0.1, 0.15) is 16.9 Å². The minimum Gasteiger partial charge on any atom is -0.344 e. The van der Waals surface area contributed by atoms with Gasteiger partial charge in [0.15, 0.2) is 0 Å². The molecule has 0 radical (unpaired) electrons. The van der Waals surface area contributed by atoms with E-state index in [0.717, 1.165) is 6.42 Å². The predicted molar refractivity (Wildman–Crippen MR) is 72.4 cm³/mol. The van der Waals surface area contributed by atoms with E-state index in [0.29, 0.717) is 13.1 Å². The lowest BCUT2D eigenvalue weighted by Crippen LogP contribution is -2.38. The summed E-state index contributed by atoms with van der Waals surface area (Å²) in [5, 5.41) is 0.288. The second kappa shape index (κ2) is 5.75. The molecule has 0 aliphatic carbocycles. The number of hydrogen-bond acceptors (Lipinski definition) is 3. The molecule has 2 rings (SSSR count). The zero-order chi connectivity index (χ0) is 14.0. The van der Waals surface area contributed by atoms with Crippen LogP contribution in [0.15, 0.2) is 12.1 Å². The summed E-state index contributed by atoms with van der Waals surface area (Å²) < 4.78 is 0. The fourth-order valence-electron chi connectivity index (χ4n) is 1.90. The van der Waals surface area contributed by atoms with Crippen molar-refractivity contribution in [2.75, 3.05) is 26.7 Å². The van der Waals surface area contributed by atoms with Crippen molar-refractivity contribution in [2.24, 2.45) is 0 Å². The highest BCUT2D eigenvalue weighted by molar-refractivity contribution is 6.34. The number of rotatable bonds is 1. The van der Waals surface area contributed by atoms with Gasteiger partial charge >= 0.3 is 0 Å². The van der Waals surface area contributed by atoms with Gasteiger partial charge in [-0.25, -0.2) is 4.98 Å². The zero-order valence-corrected chi connectivity index (χ0v) is 11.9. The minimum absolute atomic E-state index is 0.0579. The van der Waals surface area contributed by atoms with E-state index in [1.807, 2.05) is 0 Å². The Bertz CT molecular complexity index is 522. The molecule has 5 nitrogen and oxygen atoms in total. The van der Waals surface area contributed by atoms with Crippen LogP contribution in [-0.4, -0.2) is 53.3 Å². The summed E-state index contributed by atoms with van der Waals surface area (Å²) in [6, 6.07) is 3.03. The molecule has 0 atom stereocenters. The first kappa shape index (κ1) is 14.1. The van der Waals surface area contributed by atoms with Crippen LogP contribution in [0.3, 0.4) is 0 Å². The molecule has 1 aromatic heterocycles. The SMILES string of the molecule is CN1CCCN(C(=O)c2ccc(Cl)nc2Cl)CC1=O.